The van der Waals surface area contributed by atoms with E-state index in [0.717, 1.165) is 12.2 Å². The number of anilines is 2. The molecule has 76 valence electrons. The lowest BCUT2D eigenvalue weighted by Crippen LogP contribution is -2.09. The van der Waals surface area contributed by atoms with Gasteiger partial charge in [0.1, 0.15) is 0 Å². The van der Waals surface area contributed by atoms with Crippen molar-refractivity contribution < 1.29 is 4.79 Å². The van der Waals surface area contributed by atoms with Gasteiger partial charge in [-0.2, -0.15) is 0 Å². The summed E-state index contributed by atoms with van der Waals surface area (Å²) in [6.07, 6.45) is 0. The summed E-state index contributed by atoms with van der Waals surface area (Å²) in [5.41, 5.74) is 1.60. The minimum Gasteiger partial charge on any atom is -0.384 e. The first-order valence-electron chi connectivity index (χ1n) is 4.44. The number of carbonyl (C=O) groups is 1. The Morgan fingerprint density at radius 1 is 1.43 bits per heavy atom. The largest absolute Gasteiger partial charge is 0.384 e. The second-order valence-electron chi connectivity index (χ2n) is 2.90. The minimum atomic E-state index is -0.105. The molecular formula is C10H13ClN2O. The van der Waals surface area contributed by atoms with E-state index < -0.39 is 0 Å². The molecule has 3 nitrogen and oxygen atoms in total. The van der Waals surface area contributed by atoms with Crippen molar-refractivity contribution in [2.45, 2.75) is 13.8 Å². The minimum absolute atomic E-state index is 0.105. The zero-order valence-corrected chi connectivity index (χ0v) is 8.98. The number of hydrogen-bond acceptors (Lipinski definition) is 2. The molecule has 1 aromatic rings. The van der Waals surface area contributed by atoms with Gasteiger partial charge >= 0.3 is 0 Å². The highest BCUT2D eigenvalue weighted by atomic mass is 35.5. The normalized spacial score (nSPS) is 9.64. The van der Waals surface area contributed by atoms with Crippen molar-refractivity contribution >= 4 is 28.9 Å². The number of amides is 1. The van der Waals surface area contributed by atoms with Gasteiger partial charge in [0.05, 0.1) is 11.4 Å². The summed E-state index contributed by atoms with van der Waals surface area (Å²) in [7, 11) is 0. The fraction of sp³-hybridized carbons (Fsp3) is 0.300. The standard InChI is InChI=1S/C10H13ClN2O/c1-3-12-9-5-4-8(11)6-10(9)13-7(2)14/h4-6,12H,3H2,1-2H3,(H,13,14). The Hall–Kier alpha value is -1.22. The average molecular weight is 213 g/mol. The van der Waals surface area contributed by atoms with Gasteiger partial charge in [0.25, 0.3) is 0 Å². The first-order valence-corrected chi connectivity index (χ1v) is 4.82. The second kappa shape index (κ2) is 4.86. The number of benzene rings is 1. The molecule has 0 heterocycles. The van der Waals surface area contributed by atoms with E-state index in [2.05, 4.69) is 10.6 Å². The summed E-state index contributed by atoms with van der Waals surface area (Å²) in [6, 6.07) is 5.35. The van der Waals surface area contributed by atoms with E-state index in [1.807, 2.05) is 13.0 Å². The topological polar surface area (TPSA) is 41.1 Å². The second-order valence-corrected chi connectivity index (χ2v) is 3.34. The van der Waals surface area contributed by atoms with E-state index in [9.17, 15) is 4.79 Å². The quantitative estimate of drug-likeness (QED) is 0.809. The maximum absolute atomic E-state index is 10.9. The van der Waals surface area contributed by atoms with Crippen LogP contribution in [0.25, 0.3) is 0 Å². The predicted octanol–water partition coefficient (Wildman–Crippen LogP) is 2.73. The molecule has 0 unspecified atom stereocenters. The van der Waals surface area contributed by atoms with Crippen molar-refractivity contribution in [3.63, 3.8) is 0 Å². The molecule has 0 aromatic heterocycles. The van der Waals surface area contributed by atoms with Crippen LogP contribution >= 0.6 is 11.6 Å². The summed E-state index contributed by atoms with van der Waals surface area (Å²) in [5, 5.41) is 6.46. The Kier molecular flexibility index (Phi) is 3.77. The molecule has 1 amide bonds. The molecule has 0 radical (unpaired) electrons. The Morgan fingerprint density at radius 3 is 2.71 bits per heavy atom. The Morgan fingerprint density at radius 2 is 2.14 bits per heavy atom. The van der Waals surface area contributed by atoms with Gasteiger partial charge in [-0.15, -0.1) is 0 Å². The number of carbonyl (C=O) groups excluding carboxylic acids is 1. The van der Waals surface area contributed by atoms with Crippen molar-refractivity contribution in [3.05, 3.63) is 23.2 Å². The first-order chi connectivity index (χ1) is 6.63. The van der Waals surface area contributed by atoms with E-state index in [1.54, 1.807) is 12.1 Å². The van der Waals surface area contributed by atoms with Crippen LogP contribution in [0.3, 0.4) is 0 Å². The van der Waals surface area contributed by atoms with E-state index in [4.69, 9.17) is 11.6 Å². The van der Waals surface area contributed by atoms with Crippen LogP contribution in [0.2, 0.25) is 5.02 Å². The lowest BCUT2D eigenvalue weighted by atomic mass is 10.2. The molecule has 4 heteroatoms. The van der Waals surface area contributed by atoms with Crippen molar-refractivity contribution in [1.82, 2.24) is 0 Å². The lowest BCUT2D eigenvalue weighted by molar-refractivity contribution is -0.114. The van der Waals surface area contributed by atoms with E-state index in [1.165, 1.54) is 6.92 Å². The number of rotatable bonds is 3. The number of halogens is 1. The van der Waals surface area contributed by atoms with Gasteiger partial charge in [0.15, 0.2) is 0 Å². The molecule has 0 aliphatic rings. The fourth-order valence-electron chi connectivity index (χ4n) is 1.15. The summed E-state index contributed by atoms with van der Waals surface area (Å²) in [6.45, 7) is 4.26. The average Bonchev–Trinajstić information content (AvgIpc) is 2.09. The smallest absolute Gasteiger partial charge is 0.221 e. The summed E-state index contributed by atoms with van der Waals surface area (Å²) in [5.74, 6) is -0.105. The molecule has 1 aromatic carbocycles. The maximum Gasteiger partial charge on any atom is 0.221 e. The van der Waals surface area contributed by atoms with Crippen LogP contribution < -0.4 is 10.6 Å². The van der Waals surface area contributed by atoms with Gasteiger partial charge < -0.3 is 10.6 Å². The number of hydrogen-bond donors (Lipinski definition) is 2. The van der Waals surface area contributed by atoms with E-state index in [-0.39, 0.29) is 5.91 Å². The summed E-state index contributed by atoms with van der Waals surface area (Å²) >= 11 is 5.82. The van der Waals surface area contributed by atoms with Crippen molar-refractivity contribution in [2.75, 3.05) is 17.2 Å². The molecule has 0 saturated carbocycles. The highest BCUT2D eigenvalue weighted by Gasteiger charge is 2.03. The molecule has 2 N–H and O–H groups in total. The molecular weight excluding hydrogens is 200 g/mol. The molecule has 0 atom stereocenters. The monoisotopic (exact) mass is 212 g/mol. The van der Waals surface area contributed by atoms with Gasteiger partial charge in [-0.25, -0.2) is 0 Å². The summed E-state index contributed by atoms with van der Waals surface area (Å²) < 4.78 is 0. The highest BCUT2D eigenvalue weighted by Crippen LogP contribution is 2.25. The van der Waals surface area contributed by atoms with Crippen LogP contribution in [0.4, 0.5) is 11.4 Å². The number of nitrogens with one attached hydrogen (secondary N) is 2. The SMILES string of the molecule is CCNc1ccc(Cl)cc1NC(C)=O. The van der Waals surface area contributed by atoms with Crippen LogP contribution in [-0.2, 0) is 4.79 Å². The van der Waals surface area contributed by atoms with Crippen LogP contribution in [0.1, 0.15) is 13.8 Å². The fourth-order valence-corrected chi connectivity index (χ4v) is 1.33. The molecule has 0 saturated heterocycles. The highest BCUT2D eigenvalue weighted by molar-refractivity contribution is 6.31. The summed E-state index contributed by atoms with van der Waals surface area (Å²) in [4.78, 5) is 10.9. The van der Waals surface area contributed by atoms with Gasteiger partial charge in [0.2, 0.25) is 5.91 Å². The Bertz CT molecular complexity index is 339. The lowest BCUT2D eigenvalue weighted by Gasteiger charge is -2.10. The van der Waals surface area contributed by atoms with Gasteiger partial charge in [-0.1, -0.05) is 11.6 Å². The first kappa shape index (κ1) is 10.9. The van der Waals surface area contributed by atoms with Crippen LogP contribution in [0.5, 0.6) is 0 Å². The van der Waals surface area contributed by atoms with Crippen molar-refractivity contribution in [1.29, 1.82) is 0 Å². The molecule has 0 aliphatic carbocycles. The molecule has 14 heavy (non-hydrogen) atoms. The molecule has 0 aliphatic heterocycles. The van der Waals surface area contributed by atoms with Crippen LogP contribution in [0.15, 0.2) is 18.2 Å². The molecule has 0 fully saturated rings. The van der Waals surface area contributed by atoms with Crippen molar-refractivity contribution in [2.24, 2.45) is 0 Å². The van der Waals surface area contributed by atoms with E-state index >= 15 is 0 Å². The third kappa shape index (κ3) is 2.92. The molecule has 0 spiro atoms. The van der Waals surface area contributed by atoms with E-state index in [0.29, 0.717) is 10.7 Å². The molecule has 1 rings (SSSR count). The van der Waals surface area contributed by atoms with Gasteiger partial charge in [-0.3, -0.25) is 4.79 Å². The third-order valence-corrected chi connectivity index (χ3v) is 1.89. The Balaban J connectivity index is 2.96. The van der Waals surface area contributed by atoms with Crippen LogP contribution in [0, 0.1) is 0 Å². The van der Waals surface area contributed by atoms with Crippen molar-refractivity contribution in [3.8, 4) is 0 Å². The van der Waals surface area contributed by atoms with Gasteiger partial charge in [-0.05, 0) is 25.1 Å². The van der Waals surface area contributed by atoms with Crippen LogP contribution in [-0.4, -0.2) is 12.5 Å². The molecule has 0 bridgehead atoms. The maximum atomic E-state index is 10.9. The third-order valence-electron chi connectivity index (χ3n) is 1.66. The predicted molar refractivity (Wildman–Crippen MR) is 59.9 cm³/mol. The zero-order valence-electron chi connectivity index (χ0n) is 8.23. The van der Waals surface area contributed by atoms with Gasteiger partial charge in [0, 0.05) is 18.5 Å². The zero-order chi connectivity index (χ0) is 10.6. The Labute approximate surface area is 88.5 Å².